The van der Waals surface area contributed by atoms with E-state index in [0.717, 1.165) is 41.7 Å². The molecule has 118 valence electrons. The average Bonchev–Trinajstić information content (AvgIpc) is 2.94. The maximum Gasteiger partial charge on any atom is 0.231 e. The summed E-state index contributed by atoms with van der Waals surface area (Å²) in [4.78, 5) is 4.20. The van der Waals surface area contributed by atoms with Gasteiger partial charge in [0.05, 0.1) is 0 Å². The first kappa shape index (κ1) is 18.2. The highest BCUT2D eigenvalue weighted by atomic mass is 127. The Morgan fingerprint density at radius 2 is 2.10 bits per heavy atom. The Bertz CT molecular complexity index is 472. The highest BCUT2D eigenvalue weighted by Gasteiger charge is 2.13. The summed E-state index contributed by atoms with van der Waals surface area (Å²) in [6, 6.07) is 5.96. The molecule has 2 N–H and O–H groups in total. The number of rotatable bonds is 6. The van der Waals surface area contributed by atoms with Crippen molar-refractivity contribution < 1.29 is 9.47 Å². The van der Waals surface area contributed by atoms with Gasteiger partial charge in [-0.05, 0) is 36.1 Å². The Hall–Kier alpha value is -0.830. The highest BCUT2D eigenvalue weighted by Crippen LogP contribution is 2.32. The smallest absolute Gasteiger partial charge is 0.231 e. The molecule has 7 heteroatoms. The molecule has 0 bridgehead atoms. The fraction of sp³-hybridized carbons (Fsp3) is 0.500. The van der Waals surface area contributed by atoms with Crippen LogP contribution in [0.5, 0.6) is 11.5 Å². The molecule has 0 unspecified atom stereocenters. The van der Waals surface area contributed by atoms with E-state index in [2.05, 4.69) is 21.9 Å². The zero-order valence-corrected chi connectivity index (χ0v) is 15.5. The summed E-state index contributed by atoms with van der Waals surface area (Å²) in [5.41, 5.74) is 1.14. The molecule has 1 heterocycles. The molecular formula is C14H22IN3O2S. The summed E-state index contributed by atoms with van der Waals surface area (Å²) in [6.45, 7) is 1.95. The predicted octanol–water partition coefficient (Wildman–Crippen LogP) is 2.45. The van der Waals surface area contributed by atoms with Crippen molar-refractivity contribution in [1.29, 1.82) is 0 Å². The van der Waals surface area contributed by atoms with Crippen molar-refractivity contribution >= 4 is 41.7 Å². The topological polar surface area (TPSA) is 54.9 Å². The molecule has 0 saturated heterocycles. The van der Waals surface area contributed by atoms with Crippen LogP contribution in [-0.2, 0) is 6.54 Å². The molecule has 1 aliphatic rings. The number of thioether (sulfide) groups is 1. The Labute approximate surface area is 147 Å². The fourth-order valence-corrected chi connectivity index (χ4v) is 2.31. The molecular weight excluding hydrogens is 401 g/mol. The SMILES string of the molecule is CN=C(NCCCSC)NCc1ccc2c(c1)OCO2.I. The first-order valence-corrected chi connectivity index (χ1v) is 8.05. The van der Waals surface area contributed by atoms with Gasteiger partial charge in [0.15, 0.2) is 17.5 Å². The summed E-state index contributed by atoms with van der Waals surface area (Å²) in [5.74, 6) is 3.61. The van der Waals surface area contributed by atoms with Gasteiger partial charge in [0.2, 0.25) is 6.79 Å². The average molecular weight is 423 g/mol. The minimum absolute atomic E-state index is 0. The first-order chi connectivity index (χ1) is 9.83. The Kier molecular flexibility index (Phi) is 8.67. The van der Waals surface area contributed by atoms with E-state index < -0.39 is 0 Å². The van der Waals surface area contributed by atoms with E-state index >= 15 is 0 Å². The fourth-order valence-electron chi connectivity index (χ4n) is 1.88. The molecule has 0 aliphatic carbocycles. The Morgan fingerprint density at radius 1 is 1.29 bits per heavy atom. The van der Waals surface area contributed by atoms with Crippen LogP contribution in [0.2, 0.25) is 0 Å². The Balaban J connectivity index is 0.00000220. The number of fused-ring (bicyclic) bond motifs is 1. The quantitative estimate of drug-likeness (QED) is 0.319. The van der Waals surface area contributed by atoms with Crippen LogP contribution in [0, 0.1) is 0 Å². The lowest BCUT2D eigenvalue weighted by molar-refractivity contribution is 0.174. The molecule has 1 aliphatic heterocycles. The maximum atomic E-state index is 5.37. The van der Waals surface area contributed by atoms with E-state index in [4.69, 9.17) is 9.47 Å². The van der Waals surface area contributed by atoms with Gasteiger partial charge < -0.3 is 20.1 Å². The van der Waals surface area contributed by atoms with Gasteiger partial charge in [-0.2, -0.15) is 11.8 Å². The molecule has 0 saturated carbocycles. The molecule has 0 fully saturated rings. The van der Waals surface area contributed by atoms with Crippen LogP contribution in [0.1, 0.15) is 12.0 Å². The summed E-state index contributed by atoms with van der Waals surface area (Å²) in [7, 11) is 1.78. The van der Waals surface area contributed by atoms with Gasteiger partial charge >= 0.3 is 0 Å². The van der Waals surface area contributed by atoms with Crippen LogP contribution in [0.3, 0.4) is 0 Å². The van der Waals surface area contributed by atoms with Crippen molar-refractivity contribution in [3.63, 3.8) is 0 Å². The number of halogens is 1. The number of aliphatic imine (C=N–C) groups is 1. The van der Waals surface area contributed by atoms with Crippen LogP contribution in [-0.4, -0.2) is 38.4 Å². The largest absolute Gasteiger partial charge is 0.454 e. The third-order valence-corrected chi connectivity index (χ3v) is 3.64. The lowest BCUT2D eigenvalue weighted by Crippen LogP contribution is -2.37. The summed E-state index contributed by atoms with van der Waals surface area (Å²) in [5, 5.41) is 6.59. The monoisotopic (exact) mass is 423 g/mol. The first-order valence-electron chi connectivity index (χ1n) is 6.65. The predicted molar refractivity (Wildman–Crippen MR) is 99.2 cm³/mol. The van der Waals surface area contributed by atoms with Crippen molar-refractivity contribution in [2.45, 2.75) is 13.0 Å². The minimum atomic E-state index is 0. The molecule has 5 nitrogen and oxygen atoms in total. The molecule has 0 aromatic heterocycles. The van der Waals surface area contributed by atoms with Gasteiger partial charge in [0.1, 0.15) is 0 Å². The zero-order chi connectivity index (χ0) is 14.2. The number of hydrogen-bond donors (Lipinski definition) is 2. The van der Waals surface area contributed by atoms with Crippen molar-refractivity contribution in [1.82, 2.24) is 10.6 Å². The van der Waals surface area contributed by atoms with Gasteiger partial charge in [0, 0.05) is 20.1 Å². The molecule has 1 aromatic rings. The summed E-state index contributed by atoms with van der Waals surface area (Å²) >= 11 is 1.86. The van der Waals surface area contributed by atoms with Crippen LogP contribution in [0.25, 0.3) is 0 Å². The number of hydrogen-bond acceptors (Lipinski definition) is 4. The van der Waals surface area contributed by atoms with Crippen molar-refractivity contribution in [3.05, 3.63) is 23.8 Å². The third-order valence-electron chi connectivity index (χ3n) is 2.94. The van der Waals surface area contributed by atoms with Crippen molar-refractivity contribution in [3.8, 4) is 11.5 Å². The number of nitrogens with zero attached hydrogens (tertiary/aromatic N) is 1. The van der Waals surface area contributed by atoms with E-state index in [9.17, 15) is 0 Å². The molecule has 0 amide bonds. The second kappa shape index (κ2) is 9.99. The number of ether oxygens (including phenoxy) is 2. The molecule has 21 heavy (non-hydrogen) atoms. The second-order valence-corrected chi connectivity index (χ2v) is 5.37. The second-order valence-electron chi connectivity index (χ2n) is 4.39. The summed E-state index contributed by atoms with van der Waals surface area (Å²) < 4.78 is 10.7. The zero-order valence-electron chi connectivity index (χ0n) is 12.3. The van der Waals surface area contributed by atoms with Gasteiger partial charge in [-0.25, -0.2) is 0 Å². The number of nitrogens with one attached hydrogen (secondary N) is 2. The van der Waals surface area contributed by atoms with Crippen LogP contribution in [0.4, 0.5) is 0 Å². The summed E-state index contributed by atoms with van der Waals surface area (Å²) in [6.07, 6.45) is 3.25. The minimum Gasteiger partial charge on any atom is -0.454 e. The number of guanidine groups is 1. The van der Waals surface area contributed by atoms with E-state index in [1.54, 1.807) is 7.05 Å². The van der Waals surface area contributed by atoms with Gasteiger partial charge in [0.25, 0.3) is 0 Å². The van der Waals surface area contributed by atoms with Crippen molar-refractivity contribution in [2.24, 2.45) is 4.99 Å². The molecule has 0 radical (unpaired) electrons. The Morgan fingerprint density at radius 3 is 2.86 bits per heavy atom. The lowest BCUT2D eigenvalue weighted by Gasteiger charge is -2.12. The normalized spacial score (nSPS) is 12.8. The van der Waals surface area contributed by atoms with Gasteiger partial charge in [-0.3, -0.25) is 4.99 Å². The lowest BCUT2D eigenvalue weighted by atomic mass is 10.2. The molecule has 1 aromatic carbocycles. The maximum absolute atomic E-state index is 5.37. The van der Waals surface area contributed by atoms with Crippen LogP contribution in [0.15, 0.2) is 23.2 Å². The van der Waals surface area contributed by atoms with Crippen LogP contribution >= 0.6 is 35.7 Å². The standard InChI is InChI=1S/C14H21N3O2S.HI/c1-15-14(16-6-3-7-20-2)17-9-11-4-5-12-13(8-11)19-10-18-12;/h4-5,8H,3,6-7,9-10H2,1-2H3,(H2,15,16,17);1H. The van der Waals surface area contributed by atoms with Crippen LogP contribution < -0.4 is 20.1 Å². The van der Waals surface area contributed by atoms with E-state index in [1.807, 2.05) is 30.0 Å². The molecule has 0 atom stereocenters. The third kappa shape index (κ3) is 5.82. The molecule has 0 spiro atoms. The molecule has 2 rings (SSSR count). The number of benzene rings is 1. The van der Waals surface area contributed by atoms with E-state index in [0.29, 0.717) is 13.3 Å². The van der Waals surface area contributed by atoms with E-state index in [1.165, 1.54) is 0 Å². The highest BCUT2D eigenvalue weighted by molar-refractivity contribution is 14.0. The van der Waals surface area contributed by atoms with Crippen molar-refractivity contribution in [2.75, 3.05) is 32.4 Å². The van der Waals surface area contributed by atoms with Gasteiger partial charge in [-0.1, -0.05) is 6.07 Å². The van der Waals surface area contributed by atoms with E-state index in [-0.39, 0.29) is 24.0 Å². The van der Waals surface area contributed by atoms with Gasteiger partial charge in [-0.15, -0.1) is 24.0 Å².